The Bertz CT molecular complexity index is 1910. The van der Waals surface area contributed by atoms with Crippen molar-refractivity contribution in [1.82, 2.24) is 14.9 Å². The number of aromatic hydroxyl groups is 1. The van der Waals surface area contributed by atoms with Crippen molar-refractivity contribution >= 4 is 27.5 Å². The molecule has 9 nitrogen and oxygen atoms in total. The number of terminal acetylenes is 1. The van der Waals surface area contributed by atoms with Crippen molar-refractivity contribution in [1.29, 1.82) is 0 Å². The minimum absolute atomic E-state index is 0.00204. The number of rotatable bonds is 6. The Morgan fingerprint density at radius 1 is 1.23 bits per heavy atom. The fraction of sp³-hybridized carbons (Fsp3) is 0.424. The number of aliphatic hydroxyl groups is 1. The zero-order valence-electron chi connectivity index (χ0n) is 24.3. The molecule has 0 saturated carbocycles. The predicted molar refractivity (Wildman–Crippen MR) is 161 cm³/mol. The summed E-state index contributed by atoms with van der Waals surface area (Å²) < 4.78 is 41.4. The third-order valence-electron chi connectivity index (χ3n) is 9.48. The number of hydrogen-bond donors (Lipinski definition) is 2. The van der Waals surface area contributed by atoms with E-state index in [1.807, 2.05) is 4.90 Å². The number of halogens is 2. The lowest BCUT2D eigenvalue weighted by Gasteiger charge is -2.31. The molecule has 11 heteroatoms. The largest absolute Gasteiger partial charge is 0.508 e. The lowest BCUT2D eigenvalue weighted by Crippen LogP contribution is -2.43. The average molecular weight is 603 g/mol. The van der Waals surface area contributed by atoms with E-state index in [-0.39, 0.29) is 58.7 Å². The highest BCUT2D eigenvalue weighted by Gasteiger charge is 2.49. The summed E-state index contributed by atoms with van der Waals surface area (Å²) in [5.41, 5.74) is -0.221. The van der Waals surface area contributed by atoms with Crippen LogP contribution in [0.4, 0.5) is 14.6 Å². The second kappa shape index (κ2) is 10.7. The van der Waals surface area contributed by atoms with Crippen molar-refractivity contribution < 1.29 is 28.1 Å². The number of aryl methyl sites for hydroxylation is 1. The summed E-state index contributed by atoms with van der Waals surface area (Å²) in [5, 5.41) is 21.3. The molecule has 2 aromatic carbocycles. The molecule has 228 valence electrons. The van der Waals surface area contributed by atoms with Gasteiger partial charge in [-0.1, -0.05) is 12.0 Å². The van der Waals surface area contributed by atoms with E-state index in [1.54, 1.807) is 6.92 Å². The first kappa shape index (κ1) is 28.5. The number of alkyl halides is 1. The second-order valence-corrected chi connectivity index (χ2v) is 12.2. The van der Waals surface area contributed by atoms with Crippen molar-refractivity contribution in [2.45, 2.75) is 44.3 Å². The maximum Gasteiger partial charge on any atom is 0.349 e. The molecule has 3 atom stereocenters. The maximum absolute atomic E-state index is 14.8. The van der Waals surface area contributed by atoms with Crippen molar-refractivity contribution in [3.05, 3.63) is 51.6 Å². The number of phenolic OH excluding ortho intramolecular Hbond substituents is 1. The normalized spacial score (nSPS) is 23.5. The Morgan fingerprint density at radius 2 is 2.07 bits per heavy atom. The van der Waals surface area contributed by atoms with Gasteiger partial charge in [-0.25, -0.2) is 13.6 Å². The highest BCUT2D eigenvalue weighted by atomic mass is 19.1. The SMILES string of the molecule is C#Cc1c(F)ccc2cc(O)cc(-c3oc(=O)c4c(N5CC[C@@H](CO)C5)nc(OC[C@@]56CCCN5C[C@H](F)C6)nc4c3C)c12. The van der Waals surface area contributed by atoms with Crippen LogP contribution in [0, 0.1) is 31.0 Å². The van der Waals surface area contributed by atoms with Gasteiger partial charge in [0.05, 0.1) is 16.6 Å². The topological polar surface area (TPSA) is 112 Å². The molecule has 44 heavy (non-hydrogen) atoms. The van der Waals surface area contributed by atoms with E-state index < -0.39 is 23.2 Å². The van der Waals surface area contributed by atoms with Gasteiger partial charge in [-0.3, -0.25) is 4.90 Å². The summed E-state index contributed by atoms with van der Waals surface area (Å²) in [5.74, 6) is 2.07. The molecule has 2 aromatic heterocycles. The molecular formula is C33H32F2N4O5. The Hall–Kier alpha value is -4.27. The van der Waals surface area contributed by atoms with Gasteiger partial charge in [-0.15, -0.1) is 6.42 Å². The number of aromatic nitrogens is 2. The zero-order chi connectivity index (χ0) is 30.7. The molecule has 3 aliphatic rings. The van der Waals surface area contributed by atoms with Crippen LogP contribution in [0.5, 0.6) is 11.8 Å². The molecule has 3 aliphatic heterocycles. The van der Waals surface area contributed by atoms with Crippen molar-refractivity contribution in [3.63, 3.8) is 0 Å². The first-order valence-electron chi connectivity index (χ1n) is 14.9. The number of phenols is 1. The van der Waals surface area contributed by atoms with Gasteiger partial charge >= 0.3 is 11.6 Å². The lowest BCUT2D eigenvalue weighted by atomic mass is 9.95. The fourth-order valence-electron chi connectivity index (χ4n) is 7.33. The lowest BCUT2D eigenvalue weighted by molar-refractivity contribution is 0.107. The fourth-order valence-corrected chi connectivity index (χ4v) is 7.33. The van der Waals surface area contributed by atoms with Crippen LogP contribution < -0.4 is 15.3 Å². The minimum atomic E-state index is -0.920. The molecule has 7 rings (SSSR count). The van der Waals surface area contributed by atoms with E-state index in [2.05, 4.69) is 20.8 Å². The molecule has 0 spiro atoms. The van der Waals surface area contributed by atoms with Gasteiger partial charge in [-0.2, -0.15) is 9.97 Å². The van der Waals surface area contributed by atoms with Gasteiger partial charge in [0.1, 0.15) is 35.5 Å². The van der Waals surface area contributed by atoms with Gasteiger partial charge in [0.15, 0.2) is 5.82 Å². The third kappa shape index (κ3) is 4.55. The molecule has 0 aliphatic carbocycles. The summed E-state index contributed by atoms with van der Waals surface area (Å²) in [4.78, 5) is 27.2. The number of aliphatic hydroxyl groups excluding tert-OH is 1. The van der Waals surface area contributed by atoms with Crippen LogP contribution in [0.1, 0.15) is 36.8 Å². The molecule has 2 N–H and O–H groups in total. The number of ether oxygens (including phenoxy) is 1. The van der Waals surface area contributed by atoms with Crippen molar-refractivity contribution in [2.75, 3.05) is 44.3 Å². The summed E-state index contributed by atoms with van der Waals surface area (Å²) in [6, 6.07) is 5.61. The first-order valence-corrected chi connectivity index (χ1v) is 14.9. The quantitative estimate of drug-likeness (QED) is 0.312. The number of benzene rings is 2. The minimum Gasteiger partial charge on any atom is -0.508 e. The highest BCUT2D eigenvalue weighted by molar-refractivity contribution is 6.03. The number of hydrogen-bond acceptors (Lipinski definition) is 9. The molecule has 0 bridgehead atoms. The van der Waals surface area contributed by atoms with E-state index in [0.717, 1.165) is 19.4 Å². The third-order valence-corrected chi connectivity index (χ3v) is 9.48. The average Bonchev–Trinajstić information content (AvgIpc) is 3.71. The smallest absolute Gasteiger partial charge is 0.349 e. The molecule has 0 radical (unpaired) electrons. The molecule has 5 heterocycles. The molecule has 3 saturated heterocycles. The van der Waals surface area contributed by atoms with Crippen LogP contribution in [0.25, 0.3) is 33.0 Å². The molecule has 0 unspecified atom stereocenters. The first-order chi connectivity index (χ1) is 21.2. The molecule has 0 amide bonds. The van der Waals surface area contributed by atoms with Gasteiger partial charge < -0.3 is 24.3 Å². The standard InChI is InChI=1S/C33H32F2N4O5/c1-3-23-25(35)6-5-20-11-22(41)12-24(26(20)23)29-18(2)28-27(31(42)44-29)30(38-10-7-19(14-38)16-40)37-32(36-28)43-17-33-8-4-9-39(33)15-21(34)13-33/h1,5-6,11-12,19,21,40-41H,4,7-10,13-17H2,2H3/t19-,21-,33+/m1/s1. The van der Waals surface area contributed by atoms with E-state index >= 15 is 0 Å². The summed E-state index contributed by atoms with van der Waals surface area (Å²) in [6.07, 6.45) is 7.63. The van der Waals surface area contributed by atoms with Crippen LogP contribution in [0.2, 0.25) is 0 Å². The van der Waals surface area contributed by atoms with Crippen LogP contribution in [0.15, 0.2) is 33.5 Å². The number of nitrogens with zero attached hydrogens (tertiary/aromatic N) is 4. The Labute approximate surface area is 252 Å². The number of anilines is 1. The van der Waals surface area contributed by atoms with E-state index in [4.69, 9.17) is 15.6 Å². The Balaban J connectivity index is 1.41. The molecule has 4 aromatic rings. The van der Waals surface area contributed by atoms with Crippen LogP contribution >= 0.6 is 0 Å². The monoisotopic (exact) mass is 602 g/mol. The molecule has 3 fully saturated rings. The Morgan fingerprint density at radius 3 is 2.84 bits per heavy atom. The van der Waals surface area contributed by atoms with Crippen LogP contribution in [-0.4, -0.2) is 76.2 Å². The maximum atomic E-state index is 14.8. The summed E-state index contributed by atoms with van der Waals surface area (Å²) >= 11 is 0. The predicted octanol–water partition coefficient (Wildman–Crippen LogP) is 4.31. The number of fused-ring (bicyclic) bond motifs is 3. The summed E-state index contributed by atoms with van der Waals surface area (Å²) in [6.45, 7) is 4.14. The Kier molecular flexibility index (Phi) is 6.94. The van der Waals surface area contributed by atoms with Gasteiger partial charge in [0, 0.05) is 55.1 Å². The van der Waals surface area contributed by atoms with E-state index in [9.17, 15) is 23.8 Å². The molecular weight excluding hydrogens is 570 g/mol. The second-order valence-electron chi connectivity index (χ2n) is 12.2. The van der Waals surface area contributed by atoms with Gasteiger partial charge in [-0.05, 0) is 56.3 Å². The van der Waals surface area contributed by atoms with Gasteiger partial charge in [0.2, 0.25) is 0 Å². The van der Waals surface area contributed by atoms with Crippen LogP contribution in [0.3, 0.4) is 0 Å². The van der Waals surface area contributed by atoms with Gasteiger partial charge in [0.25, 0.3) is 0 Å². The van der Waals surface area contributed by atoms with E-state index in [0.29, 0.717) is 54.6 Å². The van der Waals surface area contributed by atoms with Crippen LogP contribution in [-0.2, 0) is 0 Å². The van der Waals surface area contributed by atoms with Crippen molar-refractivity contribution in [2.24, 2.45) is 5.92 Å². The van der Waals surface area contributed by atoms with Crippen molar-refractivity contribution in [3.8, 4) is 35.4 Å². The highest BCUT2D eigenvalue weighted by Crippen LogP contribution is 2.42. The zero-order valence-corrected chi connectivity index (χ0v) is 24.3. The summed E-state index contributed by atoms with van der Waals surface area (Å²) in [7, 11) is 0. The van der Waals surface area contributed by atoms with E-state index in [1.165, 1.54) is 24.3 Å².